The predicted octanol–water partition coefficient (Wildman–Crippen LogP) is 4.65. The van der Waals surface area contributed by atoms with E-state index in [1.807, 2.05) is 26.2 Å². The fraction of sp³-hybridized carbons (Fsp3) is 0.190. The zero-order chi connectivity index (χ0) is 19.7. The maximum atomic E-state index is 6.03. The highest BCUT2D eigenvalue weighted by Crippen LogP contribution is 2.35. The van der Waals surface area contributed by atoms with Gasteiger partial charge in [0.15, 0.2) is 0 Å². The van der Waals surface area contributed by atoms with Gasteiger partial charge in [0.05, 0.1) is 16.8 Å². The SMILES string of the molecule is CNc1ccc2c(nc(NCc3ccc(C)cc3)n2C)c1-c1ccnc(Cl)n1. The van der Waals surface area contributed by atoms with Gasteiger partial charge in [0.1, 0.15) is 5.52 Å². The van der Waals surface area contributed by atoms with Gasteiger partial charge in [0.25, 0.3) is 0 Å². The van der Waals surface area contributed by atoms with Crippen LogP contribution in [0, 0.1) is 6.92 Å². The molecule has 0 aliphatic heterocycles. The minimum absolute atomic E-state index is 0.213. The third kappa shape index (κ3) is 3.39. The Morgan fingerprint density at radius 2 is 1.82 bits per heavy atom. The number of rotatable bonds is 5. The van der Waals surface area contributed by atoms with Gasteiger partial charge in [-0.15, -0.1) is 0 Å². The van der Waals surface area contributed by atoms with Gasteiger partial charge < -0.3 is 15.2 Å². The molecule has 0 saturated carbocycles. The van der Waals surface area contributed by atoms with E-state index in [-0.39, 0.29) is 5.28 Å². The maximum absolute atomic E-state index is 6.03. The Morgan fingerprint density at radius 3 is 2.54 bits per heavy atom. The Balaban J connectivity index is 1.77. The van der Waals surface area contributed by atoms with E-state index < -0.39 is 0 Å². The van der Waals surface area contributed by atoms with Gasteiger partial charge in [-0.3, -0.25) is 0 Å². The van der Waals surface area contributed by atoms with E-state index in [1.54, 1.807) is 6.20 Å². The quantitative estimate of drug-likeness (QED) is 0.484. The average Bonchev–Trinajstić information content (AvgIpc) is 3.02. The molecule has 0 radical (unpaired) electrons. The van der Waals surface area contributed by atoms with Gasteiger partial charge in [0.2, 0.25) is 11.2 Å². The zero-order valence-electron chi connectivity index (χ0n) is 16.0. The molecule has 6 nitrogen and oxygen atoms in total. The van der Waals surface area contributed by atoms with E-state index in [2.05, 4.69) is 62.4 Å². The monoisotopic (exact) mass is 392 g/mol. The summed E-state index contributed by atoms with van der Waals surface area (Å²) in [4.78, 5) is 13.2. The first-order valence-corrected chi connectivity index (χ1v) is 9.40. The fourth-order valence-corrected chi connectivity index (χ4v) is 3.39. The van der Waals surface area contributed by atoms with Gasteiger partial charge >= 0.3 is 0 Å². The number of benzene rings is 2. The molecule has 0 atom stereocenters. The summed E-state index contributed by atoms with van der Waals surface area (Å²) in [6.07, 6.45) is 1.66. The van der Waals surface area contributed by atoms with Crippen molar-refractivity contribution in [1.29, 1.82) is 0 Å². The highest BCUT2D eigenvalue weighted by atomic mass is 35.5. The number of imidazole rings is 1. The van der Waals surface area contributed by atoms with Crippen LogP contribution in [0.3, 0.4) is 0 Å². The van der Waals surface area contributed by atoms with Crippen molar-refractivity contribution < 1.29 is 0 Å². The minimum Gasteiger partial charge on any atom is -0.388 e. The first-order valence-electron chi connectivity index (χ1n) is 9.02. The van der Waals surface area contributed by atoms with E-state index in [0.29, 0.717) is 6.54 Å². The summed E-state index contributed by atoms with van der Waals surface area (Å²) in [7, 11) is 3.88. The number of anilines is 2. The molecule has 0 unspecified atom stereocenters. The van der Waals surface area contributed by atoms with Crippen molar-refractivity contribution in [3.8, 4) is 11.3 Å². The van der Waals surface area contributed by atoms with Crippen molar-refractivity contribution in [2.75, 3.05) is 17.7 Å². The van der Waals surface area contributed by atoms with Crippen LogP contribution in [0.15, 0.2) is 48.7 Å². The highest BCUT2D eigenvalue weighted by molar-refractivity contribution is 6.28. The summed E-state index contributed by atoms with van der Waals surface area (Å²) in [5.74, 6) is 0.797. The van der Waals surface area contributed by atoms with Crippen LogP contribution in [-0.2, 0) is 13.6 Å². The number of hydrogen-bond donors (Lipinski definition) is 2. The van der Waals surface area contributed by atoms with Gasteiger partial charge in [-0.1, -0.05) is 29.8 Å². The summed E-state index contributed by atoms with van der Waals surface area (Å²) in [6.45, 7) is 2.79. The number of aromatic nitrogens is 4. The molecule has 0 fully saturated rings. The molecule has 0 bridgehead atoms. The average molecular weight is 393 g/mol. The van der Waals surface area contributed by atoms with Crippen LogP contribution in [0.25, 0.3) is 22.3 Å². The molecule has 2 N–H and O–H groups in total. The number of nitrogens with one attached hydrogen (secondary N) is 2. The Labute approximate surface area is 168 Å². The molecule has 4 aromatic rings. The van der Waals surface area contributed by atoms with E-state index in [9.17, 15) is 0 Å². The van der Waals surface area contributed by atoms with E-state index >= 15 is 0 Å². The van der Waals surface area contributed by atoms with Gasteiger partial charge in [-0.2, -0.15) is 0 Å². The number of fused-ring (bicyclic) bond motifs is 1. The second-order valence-corrected chi connectivity index (χ2v) is 6.99. The number of halogens is 1. The van der Waals surface area contributed by atoms with Gasteiger partial charge in [-0.05, 0) is 42.3 Å². The molecule has 0 aliphatic rings. The molecular weight excluding hydrogens is 372 g/mol. The lowest BCUT2D eigenvalue weighted by Gasteiger charge is -2.09. The Morgan fingerprint density at radius 1 is 1.04 bits per heavy atom. The molecule has 0 amide bonds. The molecule has 0 saturated heterocycles. The number of aryl methyl sites for hydroxylation is 2. The molecule has 7 heteroatoms. The van der Waals surface area contributed by atoms with Crippen molar-refractivity contribution >= 4 is 34.3 Å². The van der Waals surface area contributed by atoms with Crippen LogP contribution >= 0.6 is 11.6 Å². The predicted molar refractivity (Wildman–Crippen MR) is 115 cm³/mol. The number of hydrogen-bond acceptors (Lipinski definition) is 5. The van der Waals surface area contributed by atoms with E-state index in [4.69, 9.17) is 16.6 Å². The van der Waals surface area contributed by atoms with Crippen LogP contribution < -0.4 is 10.6 Å². The standard InChI is InChI=1S/C21H21ClN6/c1-13-4-6-14(7-5-13)12-25-21-27-19-17(28(21)3)9-8-15(23-2)18(19)16-10-11-24-20(22)26-16/h4-11,23H,12H2,1-3H3,(H,25,27). The third-order valence-electron chi connectivity index (χ3n) is 4.78. The topological polar surface area (TPSA) is 67.7 Å². The van der Waals surface area contributed by atoms with Crippen molar-refractivity contribution in [3.05, 3.63) is 65.1 Å². The summed E-state index contributed by atoms with van der Waals surface area (Å²) in [5, 5.41) is 6.88. The smallest absolute Gasteiger partial charge is 0.222 e. The molecule has 4 rings (SSSR count). The second kappa shape index (κ2) is 7.48. The zero-order valence-corrected chi connectivity index (χ0v) is 16.7. The van der Waals surface area contributed by atoms with E-state index in [1.165, 1.54) is 11.1 Å². The van der Waals surface area contributed by atoms with Crippen LogP contribution in [-0.4, -0.2) is 26.6 Å². The first kappa shape index (κ1) is 18.3. The summed E-state index contributed by atoms with van der Waals surface area (Å²) < 4.78 is 2.05. The molecule has 0 aliphatic carbocycles. The van der Waals surface area contributed by atoms with Gasteiger partial charge in [0, 0.05) is 32.5 Å². The number of nitrogens with zero attached hydrogens (tertiary/aromatic N) is 4. The Hall–Kier alpha value is -3.12. The molecule has 2 aromatic heterocycles. The third-order valence-corrected chi connectivity index (χ3v) is 4.96. The molecule has 142 valence electrons. The van der Waals surface area contributed by atoms with E-state index in [0.717, 1.165) is 33.9 Å². The molecular formula is C21H21ClN6. The van der Waals surface area contributed by atoms with Crippen LogP contribution in [0.5, 0.6) is 0 Å². The molecule has 2 aromatic carbocycles. The Kier molecular flexibility index (Phi) is 4.88. The summed E-state index contributed by atoms with van der Waals surface area (Å²) in [6, 6.07) is 14.4. The fourth-order valence-electron chi connectivity index (χ4n) is 3.25. The molecule has 2 heterocycles. The largest absolute Gasteiger partial charge is 0.388 e. The lowest BCUT2D eigenvalue weighted by molar-refractivity contribution is 0.927. The van der Waals surface area contributed by atoms with Crippen molar-refractivity contribution in [1.82, 2.24) is 19.5 Å². The van der Waals surface area contributed by atoms with Crippen molar-refractivity contribution in [3.63, 3.8) is 0 Å². The van der Waals surface area contributed by atoms with Crippen molar-refractivity contribution in [2.24, 2.45) is 7.05 Å². The first-order chi connectivity index (χ1) is 13.6. The summed E-state index contributed by atoms with van der Waals surface area (Å²) >= 11 is 6.03. The second-order valence-electron chi connectivity index (χ2n) is 6.65. The van der Waals surface area contributed by atoms with Crippen LogP contribution in [0.4, 0.5) is 11.6 Å². The van der Waals surface area contributed by atoms with Crippen molar-refractivity contribution in [2.45, 2.75) is 13.5 Å². The summed E-state index contributed by atoms with van der Waals surface area (Å²) in [5.41, 5.74) is 6.90. The normalized spacial score (nSPS) is 11.0. The van der Waals surface area contributed by atoms with Crippen LogP contribution in [0.2, 0.25) is 5.28 Å². The maximum Gasteiger partial charge on any atom is 0.222 e. The lowest BCUT2D eigenvalue weighted by atomic mass is 10.1. The highest BCUT2D eigenvalue weighted by Gasteiger charge is 2.17. The van der Waals surface area contributed by atoms with Gasteiger partial charge in [-0.25, -0.2) is 15.0 Å². The van der Waals surface area contributed by atoms with Crippen LogP contribution in [0.1, 0.15) is 11.1 Å². The molecule has 28 heavy (non-hydrogen) atoms. The molecule has 0 spiro atoms. The minimum atomic E-state index is 0.213. The lowest BCUT2D eigenvalue weighted by Crippen LogP contribution is -2.04. The Bertz CT molecular complexity index is 1130.